The Kier molecular flexibility index (Phi) is 3.86. The summed E-state index contributed by atoms with van der Waals surface area (Å²) in [5.41, 5.74) is 5.27. The molecule has 2 rings (SSSR count). The van der Waals surface area contributed by atoms with Crippen LogP contribution in [0.1, 0.15) is 32.1 Å². The van der Waals surface area contributed by atoms with Crippen molar-refractivity contribution >= 4 is 11.9 Å². The van der Waals surface area contributed by atoms with E-state index in [1.54, 1.807) is 4.90 Å². The number of carbonyl (C=O) groups excluding carboxylic acids is 2. The predicted molar refractivity (Wildman–Crippen MR) is 64.3 cm³/mol. The number of hydrogen-bond acceptors (Lipinski definition) is 2. The third-order valence-electron chi connectivity index (χ3n) is 3.75. The Hall–Kier alpha value is -1.26. The van der Waals surface area contributed by atoms with E-state index < -0.39 is 6.03 Å². The van der Waals surface area contributed by atoms with Crippen LogP contribution >= 0.6 is 0 Å². The first-order valence-corrected chi connectivity index (χ1v) is 6.51. The number of nitrogens with zero attached hydrogens (tertiary/aromatic N) is 2. The average Bonchev–Trinajstić information content (AvgIpc) is 2.39. The highest BCUT2D eigenvalue weighted by molar-refractivity contribution is 5.80. The molecule has 2 fully saturated rings. The van der Waals surface area contributed by atoms with E-state index in [0.717, 1.165) is 38.8 Å². The summed E-state index contributed by atoms with van der Waals surface area (Å²) < 4.78 is 0. The van der Waals surface area contributed by atoms with Crippen LogP contribution in [0.2, 0.25) is 0 Å². The Labute approximate surface area is 102 Å². The standard InChI is InChI=1S/C12H21N3O2/c13-12(17)15-8-4-5-10(9-15)11(16)14-6-2-1-3-7-14/h10H,1-9H2,(H2,13,17). The minimum atomic E-state index is -0.402. The number of likely N-dealkylation sites (tertiary alicyclic amines) is 2. The van der Waals surface area contributed by atoms with Crippen molar-refractivity contribution in [1.29, 1.82) is 0 Å². The molecule has 2 heterocycles. The van der Waals surface area contributed by atoms with Crippen LogP contribution in [0.15, 0.2) is 0 Å². The zero-order chi connectivity index (χ0) is 12.3. The molecule has 2 saturated heterocycles. The Morgan fingerprint density at radius 3 is 2.24 bits per heavy atom. The lowest BCUT2D eigenvalue weighted by atomic mass is 9.96. The first-order chi connectivity index (χ1) is 8.18. The van der Waals surface area contributed by atoms with Crippen LogP contribution in [0.3, 0.4) is 0 Å². The molecule has 0 bridgehead atoms. The predicted octanol–water partition coefficient (Wildman–Crippen LogP) is 0.790. The number of urea groups is 1. The van der Waals surface area contributed by atoms with E-state index >= 15 is 0 Å². The summed E-state index contributed by atoms with van der Waals surface area (Å²) in [4.78, 5) is 26.9. The fraction of sp³-hybridized carbons (Fsp3) is 0.833. The summed E-state index contributed by atoms with van der Waals surface area (Å²) in [6, 6.07) is -0.402. The van der Waals surface area contributed by atoms with Crippen molar-refractivity contribution in [3.8, 4) is 0 Å². The highest BCUT2D eigenvalue weighted by Crippen LogP contribution is 2.20. The zero-order valence-corrected chi connectivity index (χ0v) is 10.2. The molecular weight excluding hydrogens is 218 g/mol. The van der Waals surface area contributed by atoms with Crippen molar-refractivity contribution in [2.45, 2.75) is 32.1 Å². The van der Waals surface area contributed by atoms with Gasteiger partial charge in [-0.3, -0.25) is 4.79 Å². The summed E-state index contributed by atoms with van der Waals surface area (Å²) in [6.07, 6.45) is 5.21. The summed E-state index contributed by atoms with van der Waals surface area (Å²) in [5.74, 6) is 0.185. The third-order valence-corrected chi connectivity index (χ3v) is 3.75. The first-order valence-electron chi connectivity index (χ1n) is 6.51. The molecule has 17 heavy (non-hydrogen) atoms. The van der Waals surface area contributed by atoms with Crippen LogP contribution in [0, 0.1) is 5.92 Å². The van der Waals surface area contributed by atoms with Crippen molar-refractivity contribution in [1.82, 2.24) is 9.80 Å². The molecule has 0 aromatic carbocycles. The van der Waals surface area contributed by atoms with E-state index in [1.165, 1.54) is 6.42 Å². The lowest BCUT2D eigenvalue weighted by Gasteiger charge is -2.35. The fourth-order valence-electron chi connectivity index (χ4n) is 2.75. The lowest BCUT2D eigenvalue weighted by molar-refractivity contribution is -0.137. The van der Waals surface area contributed by atoms with Crippen molar-refractivity contribution in [3.05, 3.63) is 0 Å². The number of primary amides is 1. The molecule has 0 spiro atoms. The Bertz CT molecular complexity index is 300. The number of amides is 3. The van der Waals surface area contributed by atoms with Gasteiger partial charge < -0.3 is 15.5 Å². The Balaban J connectivity index is 1.91. The van der Waals surface area contributed by atoms with Gasteiger partial charge in [-0.1, -0.05) is 0 Å². The Morgan fingerprint density at radius 1 is 0.941 bits per heavy atom. The van der Waals surface area contributed by atoms with Gasteiger partial charge >= 0.3 is 6.03 Å². The minimum Gasteiger partial charge on any atom is -0.351 e. The molecule has 2 aliphatic heterocycles. The second kappa shape index (κ2) is 5.38. The maximum Gasteiger partial charge on any atom is 0.314 e. The van der Waals surface area contributed by atoms with Gasteiger partial charge in [0.25, 0.3) is 0 Å². The molecule has 0 saturated carbocycles. The minimum absolute atomic E-state index is 0.0330. The fourth-order valence-corrected chi connectivity index (χ4v) is 2.75. The molecular formula is C12H21N3O2. The van der Waals surface area contributed by atoms with Gasteiger partial charge in [-0.15, -0.1) is 0 Å². The second-order valence-corrected chi connectivity index (χ2v) is 5.01. The number of piperidine rings is 2. The first kappa shape index (κ1) is 12.2. The average molecular weight is 239 g/mol. The van der Waals surface area contributed by atoms with E-state index in [1.807, 2.05) is 4.90 Å². The van der Waals surface area contributed by atoms with Gasteiger partial charge in [0.15, 0.2) is 0 Å². The number of rotatable bonds is 1. The Morgan fingerprint density at radius 2 is 1.59 bits per heavy atom. The van der Waals surface area contributed by atoms with E-state index in [0.29, 0.717) is 13.1 Å². The molecule has 3 amide bonds. The second-order valence-electron chi connectivity index (χ2n) is 5.01. The van der Waals surface area contributed by atoms with Crippen LogP contribution in [-0.2, 0) is 4.79 Å². The van der Waals surface area contributed by atoms with Gasteiger partial charge in [-0.05, 0) is 32.1 Å². The van der Waals surface area contributed by atoms with E-state index in [2.05, 4.69) is 0 Å². The molecule has 0 aromatic heterocycles. The monoisotopic (exact) mass is 239 g/mol. The van der Waals surface area contributed by atoms with E-state index in [9.17, 15) is 9.59 Å². The van der Waals surface area contributed by atoms with E-state index in [4.69, 9.17) is 5.73 Å². The maximum atomic E-state index is 12.3. The van der Waals surface area contributed by atoms with Crippen LogP contribution in [0.25, 0.3) is 0 Å². The molecule has 5 heteroatoms. The molecule has 2 aliphatic rings. The topological polar surface area (TPSA) is 66.6 Å². The molecule has 1 atom stereocenters. The zero-order valence-electron chi connectivity index (χ0n) is 10.2. The molecule has 1 unspecified atom stereocenters. The van der Waals surface area contributed by atoms with Gasteiger partial charge in [0.2, 0.25) is 5.91 Å². The van der Waals surface area contributed by atoms with Crippen molar-refractivity contribution in [2.24, 2.45) is 11.7 Å². The van der Waals surface area contributed by atoms with Crippen molar-refractivity contribution < 1.29 is 9.59 Å². The highest BCUT2D eigenvalue weighted by Gasteiger charge is 2.30. The smallest absolute Gasteiger partial charge is 0.314 e. The van der Waals surface area contributed by atoms with Crippen LogP contribution < -0.4 is 5.73 Å². The third kappa shape index (κ3) is 2.90. The van der Waals surface area contributed by atoms with Gasteiger partial charge in [0.1, 0.15) is 0 Å². The number of hydrogen-bond donors (Lipinski definition) is 1. The van der Waals surface area contributed by atoms with Gasteiger partial charge in [-0.25, -0.2) is 4.79 Å². The van der Waals surface area contributed by atoms with Crippen molar-refractivity contribution in [3.63, 3.8) is 0 Å². The van der Waals surface area contributed by atoms with Crippen LogP contribution in [-0.4, -0.2) is 47.9 Å². The van der Waals surface area contributed by atoms with Crippen LogP contribution in [0.5, 0.6) is 0 Å². The molecule has 96 valence electrons. The summed E-state index contributed by atoms with van der Waals surface area (Å²) >= 11 is 0. The number of nitrogens with two attached hydrogens (primary N) is 1. The van der Waals surface area contributed by atoms with E-state index in [-0.39, 0.29) is 11.8 Å². The van der Waals surface area contributed by atoms with Crippen LogP contribution in [0.4, 0.5) is 4.79 Å². The quantitative estimate of drug-likeness (QED) is 0.735. The SMILES string of the molecule is NC(=O)N1CCCC(C(=O)N2CCCCC2)C1. The molecule has 0 radical (unpaired) electrons. The number of carbonyl (C=O) groups is 2. The molecule has 5 nitrogen and oxygen atoms in total. The van der Waals surface area contributed by atoms with Gasteiger partial charge in [-0.2, -0.15) is 0 Å². The molecule has 2 N–H and O–H groups in total. The normalized spacial score (nSPS) is 25.8. The summed E-state index contributed by atoms with van der Waals surface area (Å²) in [7, 11) is 0. The largest absolute Gasteiger partial charge is 0.351 e. The molecule has 0 aromatic rings. The highest BCUT2D eigenvalue weighted by atomic mass is 16.2. The maximum absolute atomic E-state index is 12.3. The lowest BCUT2D eigenvalue weighted by Crippen LogP contribution is -2.49. The van der Waals surface area contributed by atoms with Crippen molar-refractivity contribution in [2.75, 3.05) is 26.2 Å². The molecule has 0 aliphatic carbocycles. The summed E-state index contributed by atoms with van der Waals surface area (Å²) in [6.45, 7) is 2.96. The van der Waals surface area contributed by atoms with Gasteiger partial charge in [0.05, 0.1) is 5.92 Å². The van der Waals surface area contributed by atoms with Gasteiger partial charge in [0, 0.05) is 26.2 Å². The summed E-state index contributed by atoms with van der Waals surface area (Å²) in [5, 5.41) is 0.